The van der Waals surface area contributed by atoms with Gasteiger partial charge in [0, 0.05) is 38.4 Å². The minimum atomic E-state index is -0.502. The SMILES string of the molecule is COc1ccc(C(=O)N2CCC3(CC2)OCCO3)cc1NC(C)=O. The molecule has 130 valence electrons. The van der Waals surface area contributed by atoms with Crippen molar-refractivity contribution in [2.45, 2.75) is 25.6 Å². The second-order valence-electron chi connectivity index (χ2n) is 6.00. The highest BCUT2D eigenvalue weighted by atomic mass is 16.7. The Kier molecular flexibility index (Phi) is 4.73. The van der Waals surface area contributed by atoms with Crippen LogP contribution in [0.3, 0.4) is 0 Å². The fraction of sp³-hybridized carbons (Fsp3) is 0.529. The van der Waals surface area contributed by atoms with Gasteiger partial charge >= 0.3 is 0 Å². The van der Waals surface area contributed by atoms with Crippen molar-refractivity contribution in [1.29, 1.82) is 0 Å². The number of amides is 2. The Morgan fingerprint density at radius 2 is 1.88 bits per heavy atom. The zero-order valence-electron chi connectivity index (χ0n) is 14.0. The van der Waals surface area contributed by atoms with Crippen LogP contribution < -0.4 is 10.1 Å². The number of benzene rings is 1. The Morgan fingerprint density at radius 1 is 1.21 bits per heavy atom. The molecule has 0 bridgehead atoms. The van der Waals surface area contributed by atoms with Gasteiger partial charge in [-0.25, -0.2) is 0 Å². The number of nitrogens with zero attached hydrogens (tertiary/aromatic N) is 1. The number of carbonyl (C=O) groups excluding carboxylic acids is 2. The molecule has 7 heteroatoms. The molecule has 3 rings (SSSR count). The Morgan fingerprint density at radius 3 is 2.46 bits per heavy atom. The fourth-order valence-corrected chi connectivity index (χ4v) is 3.15. The van der Waals surface area contributed by atoms with E-state index in [1.807, 2.05) is 0 Å². The number of rotatable bonds is 3. The zero-order valence-corrected chi connectivity index (χ0v) is 14.0. The lowest BCUT2D eigenvalue weighted by atomic mass is 10.0. The van der Waals surface area contributed by atoms with Crippen LogP contribution >= 0.6 is 0 Å². The largest absolute Gasteiger partial charge is 0.495 e. The van der Waals surface area contributed by atoms with E-state index in [1.165, 1.54) is 14.0 Å². The fourth-order valence-electron chi connectivity index (χ4n) is 3.15. The molecule has 2 aliphatic heterocycles. The van der Waals surface area contributed by atoms with Crippen LogP contribution in [-0.2, 0) is 14.3 Å². The second kappa shape index (κ2) is 6.78. The van der Waals surface area contributed by atoms with Crippen LogP contribution in [0, 0.1) is 0 Å². The number of nitrogens with one attached hydrogen (secondary N) is 1. The van der Waals surface area contributed by atoms with Crippen molar-refractivity contribution in [2.75, 3.05) is 38.7 Å². The summed E-state index contributed by atoms with van der Waals surface area (Å²) >= 11 is 0. The summed E-state index contributed by atoms with van der Waals surface area (Å²) in [4.78, 5) is 25.8. The molecule has 0 atom stereocenters. The first-order valence-corrected chi connectivity index (χ1v) is 8.06. The van der Waals surface area contributed by atoms with E-state index in [0.29, 0.717) is 56.1 Å². The van der Waals surface area contributed by atoms with Crippen molar-refractivity contribution in [2.24, 2.45) is 0 Å². The second-order valence-corrected chi connectivity index (χ2v) is 6.00. The van der Waals surface area contributed by atoms with Gasteiger partial charge in [0.25, 0.3) is 5.91 Å². The van der Waals surface area contributed by atoms with Gasteiger partial charge in [-0.2, -0.15) is 0 Å². The average Bonchev–Trinajstić information content (AvgIpc) is 3.02. The number of ether oxygens (including phenoxy) is 3. The van der Waals surface area contributed by atoms with Gasteiger partial charge in [-0.3, -0.25) is 9.59 Å². The van der Waals surface area contributed by atoms with Gasteiger partial charge in [-0.15, -0.1) is 0 Å². The standard InChI is InChI=1S/C17H22N2O5/c1-12(20)18-14-11-13(3-4-15(14)22-2)16(21)19-7-5-17(6-8-19)23-9-10-24-17/h3-4,11H,5-10H2,1-2H3,(H,18,20). The summed E-state index contributed by atoms with van der Waals surface area (Å²) in [6, 6.07) is 5.04. The maximum absolute atomic E-state index is 12.7. The number of carbonyl (C=O) groups is 2. The molecule has 2 saturated heterocycles. The van der Waals surface area contributed by atoms with Gasteiger partial charge in [0.1, 0.15) is 5.75 Å². The molecule has 0 unspecified atom stereocenters. The van der Waals surface area contributed by atoms with Crippen LogP contribution in [0.1, 0.15) is 30.1 Å². The molecule has 7 nitrogen and oxygen atoms in total. The van der Waals surface area contributed by atoms with Gasteiger partial charge < -0.3 is 24.4 Å². The van der Waals surface area contributed by atoms with E-state index in [4.69, 9.17) is 14.2 Å². The van der Waals surface area contributed by atoms with Gasteiger partial charge in [0.2, 0.25) is 5.91 Å². The topological polar surface area (TPSA) is 77.1 Å². The number of anilines is 1. The molecule has 1 aromatic carbocycles. The van der Waals surface area contributed by atoms with Crippen molar-refractivity contribution < 1.29 is 23.8 Å². The summed E-state index contributed by atoms with van der Waals surface area (Å²) in [5.74, 6) is -0.268. The molecule has 24 heavy (non-hydrogen) atoms. The van der Waals surface area contributed by atoms with Crippen molar-refractivity contribution in [3.63, 3.8) is 0 Å². The number of likely N-dealkylation sites (tertiary alicyclic amines) is 1. The lowest BCUT2D eigenvalue weighted by Crippen LogP contribution is -2.47. The minimum absolute atomic E-state index is 0.0721. The third-order valence-electron chi connectivity index (χ3n) is 4.38. The Labute approximate surface area is 140 Å². The van der Waals surface area contributed by atoms with Crippen LogP contribution in [0.25, 0.3) is 0 Å². The third-order valence-corrected chi connectivity index (χ3v) is 4.38. The summed E-state index contributed by atoms with van der Waals surface area (Å²) in [5, 5.41) is 2.69. The highest BCUT2D eigenvalue weighted by Gasteiger charge is 2.40. The quantitative estimate of drug-likeness (QED) is 0.909. The highest BCUT2D eigenvalue weighted by molar-refractivity contribution is 5.98. The maximum atomic E-state index is 12.7. The van der Waals surface area contributed by atoms with Crippen LogP contribution in [0.15, 0.2) is 18.2 Å². The molecule has 0 aliphatic carbocycles. The molecule has 2 aliphatic rings. The summed E-state index contributed by atoms with van der Waals surface area (Å²) < 4.78 is 16.6. The predicted octanol–water partition coefficient (Wildman–Crippen LogP) is 1.63. The van der Waals surface area contributed by atoms with E-state index in [2.05, 4.69) is 5.32 Å². The van der Waals surface area contributed by atoms with Crippen LogP contribution in [0.5, 0.6) is 5.75 Å². The molecular weight excluding hydrogens is 312 g/mol. The Hall–Kier alpha value is -2.12. The first-order valence-electron chi connectivity index (χ1n) is 8.06. The third kappa shape index (κ3) is 3.37. The van der Waals surface area contributed by atoms with Gasteiger partial charge in [0.15, 0.2) is 5.79 Å². The minimum Gasteiger partial charge on any atom is -0.495 e. The van der Waals surface area contributed by atoms with Crippen LogP contribution in [0.2, 0.25) is 0 Å². The highest BCUT2D eigenvalue weighted by Crippen LogP contribution is 2.32. The van der Waals surface area contributed by atoms with Gasteiger partial charge in [-0.1, -0.05) is 0 Å². The number of methoxy groups -OCH3 is 1. The molecule has 1 aromatic rings. The van der Waals surface area contributed by atoms with E-state index in [1.54, 1.807) is 23.1 Å². The summed E-state index contributed by atoms with van der Waals surface area (Å²) in [5.41, 5.74) is 1.01. The van der Waals surface area contributed by atoms with E-state index < -0.39 is 5.79 Å². The number of piperidine rings is 1. The lowest BCUT2D eigenvalue weighted by molar-refractivity contribution is -0.181. The van der Waals surface area contributed by atoms with Crippen LogP contribution in [0.4, 0.5) is 5.69 Å². The molecule has 1 N–H and O–H groups in total. The van der Waals surface area contributed by atoms with E-state index in [-0.39, 0.29) is 11.8 Å². The molecule has 0 saturated carbocycles. The summed E-state index contributed by atoms with van der Waals surface area (Å²) in [7, 11) is 1.52. The molecular formula is C17H22N2O5. The Bertz CT molecular complexity index is 630. The number of hydrogen-bond acceptors (Lipinski definition) is 5. The summed E-state index contributed by atoms with van der Waals surface area (Å²) in [6.07, 6.45) is 1.35. The summed E-state index contributed by atoms with van der Waals surface area (Å²) in [6.45, 7) is 3.82. The monoisotopic (exact) mass is 334 g/mol. The van der Waals surface area contributed by atoms with Crippen molar-refractivity contribution >= 4 is 17.5 Å². The zero-order chi connectivity index (χ0) is 17.2. The molecule has 0 aromatic heterocycles. The molecule has 0 radical (unpaired) electrons. The average molecular weight is 334 g/mol. The lowest BCUT2D eigenvalue weighted by Gasteiger charge is -2.37. The van der Waals surface area contributed by atoms with Gasteiger partial charge in [0.05, 0.1) is 26.0 Å². The van der Waals surface area contributed by atoms with Crippen molar-refractivity contribution in [3.05, 3.63) is 23.8 Å². The molecule has 2 heterocycles. The Balaban J connectivity index is 1.72. The van der Waals surface area contributed by atoms with E-state index in [0.717, 1.165) is 0 Å². The first kappa shape index (κ1) is 16.7. The number of hydrogen-bond donors (Lipinski definition) is 1. The predicted molar refractivity (Wildman–Crippen MR) is 87.1 cm³/mol. The smallest absolute Gasteiger partial charge is 0.253 e. The van der Waals surface area contributed by atoms with Crippen LogP contribution in [-0.4, -0.2) is 55.9 Å². The van der Waals surface area contributed by atoms with E-state index in [9.17, 15) is 9.59 Å². The van der Waals surface area contributed by atoms with Crippen molar-refractivity contribution in [1.82, 2.24) is 4.90 Å². The molecule has 1 spiro atoms. The van der Waals surface area contributed by atoms with Crippen molar-refractivity contribution in [3.8, 4) is 5.75 Å². The molecule has 2 amide bonds. The van der Waals surface area contributed by atoms with Gasteiger partial charge in [-0.05, 0) is 18.2 Å². The first-order chi connectivity index (χ1) is 11.5. The van der Waals surface area contributed by atoms with E-state index >= 15 is 0 Å². The normalized spacial score (nSPS) is 19.3. The maximum Gasteiger partial charge on any atom is 0.253 e. The molecule has 2 fully saturated rings.